The van der Waals surface area contributed by atoms with E-state index in [0.29, 0.717) is 51.7 Å². The van der Waals surface area contributed by atoms with Gasteiger partial charge in [0.1, 0.15) is 0 Å². The second-order valence-corrected chi connectivity index (χ2v) is 10.7. The van der Waals surface area contributed by atoms with Crippen LogP contribution >= 0.6 is 31.9 Å². The van der Waals surface area contributed by atoms with Gasteiger partial charge in [-0.1, -0.05) is 22.0 Å². The third-order valence-corrected chi connectivity index (χ3v) is 7.33. The normalized spacial score (nSPS) is 10.7. The van der Waals surface area contributed by atoms with Gasteiger partial charge in [0.2, 0.25) is 0 Å². The van der Waals surface area contributed by atoms with Crippen molar-refractivity contribution in [3.8, 4) is 23.0 Å². The highest BCUT2D eigenvalue weighted by atomic mass is 79.9. The van der Waals surface area contributed by atoms with Crippen molar-refractivity contribution < 1.29 is 33.3 Å². The first kappa shape index (κ1) is 33.4. The van der Waals surface area contributed by atoms with Crippen LogP contribution in [0.2, 0.25) is 0 Å². The Kier molecular flexibility index (Phi) is 12.8. The third-order valence-electron chi connectivity index (χ3n) is 5.85. The molecule has 0 spiro atoms. The Balaban J connectivity index is 1.53. The van der Waals surface area contributed by atoms with Gasteiger partial charge in [0.05, 0.1) is 31.5 Å². The first-order valence-electron chi connectivity index (χ1n) is 13.1. The van der Waals surface area contributed by atoms with E-state index in [1.54, 1.807) is 44.6 Å². The molecule has 3 aromatic carbocycles. The predicted octanol–water partition coefficient (Wildman–Crippen LogP) is 4.76. The molecule has 11 nitrogen and oxygen atoms in total. The van der Waals surface area contributed by atoms with Crippen LogP contribution in [-0.2, 0) is 20.8 Å². The van der Waals surface area contributed by atoms with Crippen LogP contribution in [0.1, 0.15) is 23.6 Å². The fraction of sp³-hybridized carbons (Fsp3) is 0.267. The summed E-state index contributed by atoms with van der Waals surface area (Å²) in [5.74, 6) is -0.205. The summed E-state index contributed by atoms with van der Waals surface area (Å²) in [5, 5.41) is 9.23. The zero-order chi connectivity index (χ0) is 31.4. The average Bonchev–Trinajstić information content (AvgIpc) is 2.98. The third kappa shape index (κ3) is 10.00. The minimum atomic E-state index is -0.917. The Labute approximate surface area is 266 Å². The van der Waals surface area contributed by atoms with Crippen LogP contribution in [0.3, 0.4) is 0 Å². The van der Waals surface area contributed by atoms with E-state index in [9.17, 15) is 14.4 Å². The van der Waals surface area contributed by atoms with Crippen molar-refractivity contribution in [2.24, 2.45) is 5.10 Å². The fourth-order valence-electron chi connectivity index (χ4n) is 3.78. The van der Waals surface area contributed by atoms with Gasteiger partial charge in [-0.2, -0.15) is 5.10 Å². The Bertz CT molecular complexity index is 1500. The van der Waals surface area contributed by atoms with E-state index < -0.39 is 11.8 Å². The molecule has 3 rings (SSSR count). The number of anilines is 1. The number of amides is 3. The molecule has 0 aromatic heterocycles. The second kappa shape index (κ2) is 16.5. The van der Waals surface area contributed by atoms with Crippen molar-refractivity contribution in [3.05, 3.63) is 74.2 Å². The standard InChI is InChI=1S/C30H32Br2N4O7/c1-5-42-26-15-20(13-23(32)28(26)43-17-27(37)35-21-7-8-22(31)18(2)12-21)16-34-36-30(39)29(38)33-11-10-19-6-9-24(40-3)25(14-19)41-4/h6-9,12-16H,5,10-11,17H2,1-4H3,(H,33,38)(H,35,37)(H,36,39)/b34-16-. The average molecular weight is 720 g/mol. The molecule has 0 heterocycles. The molecule has 3 amide bonds. The topological polar surface area (TPSA) is 137 Å². The molecular formula is C30H32Br2N4O7. The first-order chi connectivity index (χ1) is 20.6. The lowest BCUT2D eigenvalue weighted by Gasteiger charge is -2.15. The number of ether oxygens (including phenoxy) is 4. The monoisotopic (exact) mass is 718 g/mol. The van der Waals surface area contributed by atoms with Crippen LogP contribution in [0.15, 0.2) is 62.6 Å². The lowest BCUT2D eigenvalue weighted by Crippen LogP contribution is -2.38. The molecular weight excluding hydrogens is 688 g/mol. The van der Waals surface area contributed by atoms with E-state index in [4.69, 9.17) is 18.9 Å². The molecule has 0 aliphatic carbocycles. The van der Waals surface area contributed by atoms with E-state index in [1.165, 1.54) is 6.21 Å². The lowest BCUT2D eigenvalue weighted by molar-refractivity contribution is -0.139. The number of carbonyl (C=O) groups is 3. The summed E-state index contributed by atoms with van der Waals surface area (Å²) in [7, 11) is 3.09. The minimum absolute atomic E-state index is 0.234. The Morgan fingerprint density at radius 2 is 1.65 bits per heavy atom. The number of hydrogen-bond donors (Lipinski definition) is 3. The fourth-order valence-corrected chi connectivity index (χ4v) is 4.60. The molecule has 0 saturated carbocycles. The van der Waals surface area contributed by atoms with Gasteiger partial charge in [-0.15, -0.1) is 0 Å². The van der Waals surface area contributed by atoms with Crippen LogP contribution in [0.25, 0.3) is 0 Å². The number of methoxy groups -OCH3 is 2. The molecule has 0 aliphatic heterocycles. The van der Waals surface area contributed by atoms with E-state index in [0.717, 1.165) is 15.6 Å². The highest BCUT2D eigenvalue weighted by Crippen LogP contribution is 2.36. The van der Waals surface area contributed by atoms with Crippen LogP contribution < -0.4 is 35.0 Å². The number of nitrogens with zero attached hydrogens (tertiary/aromatic N) is 1. The van der Waals surface area contributed by atoms with Gasteiger partial charge in [-0.3, -0.25) is 14.4 Å². The van der Waals surface area contributed by atoms with Crippen LogP contribution in [-0.4, -0.2) is 57.9 Å². The van der Waals surface area contributed by atoms with Gasteiger partial charge in [0.25, 0.3) is 5.91 Å². The number of rotatable bonds is 13. The number of aryl methyl sites for hydroxylation is 1. The Morgan fingerprint density at radius 1 is 0.884 bits per heavy atom. The van der Waals surface area contributed by atoms with E-state index in [2.05, 4.69) is 53.0 Å². The Morgan fingerprint density at radius 3 is 2.35 bits per heavy atom. The Hall–Kier alpha value is -4.10. The zero-order valence-corrected chi connectivity index (χ0v) is 27.3. The number of benzene rings is 3. The SMILES string of the molecule is CCOc1cc(/C=N\NC(=O)C(=O)NCCc2ccc(OC)c(OC)c2)cc(Br)c1OCC(=O)Nc1ccc(Br)c(C)c1. The summed E-state index contributed by atoms with van der Waals surface area (Å²) in [5.41, 5.74) is 5.30. The summed E-state index contributed by atoms with van der Waals surface area (Å²) in [4.78, 5) is 36.9. The largest absolute Gasteiger partial charge is 0.493 e. The minimum Gasteiger partial charge on any atom is -0.493 e. The van der Waals surface area contributed by atoms with Crippen molar-refractivity contribution in [1.29, 1.82) is 0 Å². The molecule has 0 saturated heterocycles. The molecule has 0 fully saturated rings. The number of carbonyl (C=O) groups excluding carboxylic acids is 3. The highest BCUT2D eigenvalue weighted by molar-refractivity contribution is 9.10. The van der Waals surface area contributed by atoms with E-state index in [1.807, 2.05) is 32.0 Å². The number of hydrogen-bond acceptors (Lipinski definition) is 8. The number of halogens is 2. The summed E-state index contributed by atoms with van der Waals surface area (Å²) in [6, 6.07) is 14.2. The van der Waals surface area contributed by atoms with Gasteiger partial charge < -0.3 is 29.6 Å². The summed E-state index contributed by atoms with van der Waals surface area (Å²) in [6.07, 6.45) is 1.84. The van der Waals surface area contributed by atoms with Gasteiger partial charge >= 0.3 is 11.8 Å². The quantitative estimate of drug-likeness (QED) is 0.132. The molecule has 0 unspecified atom stereocenters. The maximum absolute atomic E-state index is 12.5. The van der Waals surface area contributed by atoms with Crippen molar-refractivity contribution >= 4 is 61.5 Å². The van der Waals surface area contributed by atoms with Crippen LogP contribution in [0.4, 0.5) is 5.69 Å². The molecule has 0 atom stereocenters. The van der Waals surface area contributed by atoms with Crippen molar-refractivity contribution in [2.45, 2.75) is 20.3 Å². The van der Waals surface area contributed by atoms with E-state index in [-0.39, 0.29) is 19.1 Å². The van der Waals surface area contributed by atoms with Crippen molar-refractivity contribution in [1.82, 2.24) is 10.7 Å². The highest BCUT2D eigenvalue weighted by Gasteiger charge is 2.15. The predicted molar refractivity (Wildman–Crippen MR) is 170 cm³/mol. The molecule has 43 heavy (non-hydrogen) atoms. The maximum Gasteiger partial charge on any atom is 0.329 e. The van der Waals surface area contributed by atoms with Gasteiger partial charge in [0, 0.05) is 16.7 Å². The van der Waals surface area contributed by atoms with Gasteiger partial charge in [-0.25, -0.2) is 5.43 Å². The molecule has 228 valence electrons. The number of nitrogens with one attached hydrogen (secondary N) is 3. The molecule has 13 heteroatoms. The van der Waals surface area contributed by atoms with Crippen molar-refractivity contribution in [3.63, 3.8) is 0 Å². The zero-order valence-electron chi connectivity index (χ0n) is 24.1. The molecule has 0 aliphatic rings. The van der Waals surface area contributed by atoms with Gasteiger partial charge in [-0.05, 0) is 95.4 Å². The molecule has 0 radical (unpaired) electrons. The van der Waals surface area contributed by atoms with Gasteiger partial charge in [0.15, 0.2) is 29.6 Å². The van der Waals surface area contributed by atoms with Crippen LogP contribution in [0, 0.1) is 6.92 Å². The molecule has 0 bridgehead atoms. The van der Waals surface area contributed by atoms with Crippen LogP contribution in [0.5, 0.6) is 23.0 Å². The second-order valence-electron chi connectivity index (χ2n) is 8.96. The lowest BCUT2D eigenvalue weighted by atomic mass is 10.1. The maximum atomic E-state index is 12.5. The summed E-state index contributed by atoms with van der Waals surface area (Å²) >= 11 is 6.88. The van der Waals surface area contributed by atoms with E-state index >= 15 is 0 Å². The molecule has 3 aromatic rings. The van der Waals surface area contributed by atoms with Crippen molar-refractivity contribution in [2.75, 3.05) is 39.3 Å². The smallest absolute Gasteiger partial charge is 0.329 e. The summed E-state index contributed by atoms with van der Waals surface area (Å²) in [6.45, 7) is 4.06. The first-order valence-corrected chi connectivity index (χ1v) is 14.7. The summed E-state index contributed by atoms with van der Waals surface area (Å²) < 4.78 is 23.4. The molecule has 3 N–H and O–H groups in total. The number of hydrazone groups is 1.